The zero-order valence-electron chi connectivity index (χ0n) is 11.3. The molecule has 1 N–H and O–H groups in total. The molecular weight excluding hydrogens is 356 g/mol. The Morgan fingerprint density at radius 2 is 1.81 bits per heavy atom. The van der Waals surface area contributed by atoms with Gasteiger partial charge in [0.05, 0.1) is 10.1 Å². The smallest absolute Gasteiger partial charge is 0.212 e. The highest BCUT2D eigenvalue weighted by Crippen LogP contribution is 2.25. The Kier molecular flexibility index (Phi) is 5.66. The van der Waals surface area contributed by atoms with Crippen molar-refractivity contribution in [2.45, 2.75) is 23.5 Å². The maximum absolute atomic E-state index is 12.1. The first kappa shape index (κ1) is 17.2. The molecule has 0 spiro atoms. The molecule has 6 nitrogen and oxygen atoms in total. The summed E-state index contributed by atoms with van der Waals surface area (Å²) in [4.78, 5) is 0. The van der Waals surface area contributed by atoms with E-state index in [0.717, 1.165) is 30.6 Å². The first-order valence-electron chi connectivity index (χ1n) is 6.54. The number of thiophene rings is 1. The largest absolute Gasteiger partial charge is 0.250 e. The van der Waals surface area contributed by atoms with E-state index in [-0.39, 0.29) is 16.5 Å². The Balaban J connectivity index is 1.91. The maximum atomic E-state index is 12.1. The summed E-state index contributed by atoms with van der Waals surface area (Å²) in [5.41, 5.74) is 0. The molecule has 120 valence electrons. The van der Waals surface area contributed by atoms with Crippen molar-refractivity contribution in [1.82, 2.24) is 9.03 Å². The summed E-state index contributed by atoms with van der Waals surface area (Å²) in [5, 5.41) is 0. The molecule has 0 saturated carbocycles. The van der Waals surface area contributed by atoms with Crippen LogP contribution >= 0.6 is 22.9 Å². The number of halogens is 1. The van der Waals surface area contributed by atoms with Crippen molar-refractivity contribution in [3.63, 3.8) is 0 Å². The second-order valence-corrected chi connectivity index (χ2v) is 10.5. The van der Waals surface area contributed by atoms with Gasteiger partial charge >= 0.3 is 0 Å². The van der Waals surface area contributed by atoms with Crippen LogP contribution in [0.3, 0.4) is 0 Å². The van der Waals surface area contributed by atoms with E-state index in [1.807, 2.05) is 0 Å². The lowest BCUT2D eigenvalue weighted by molar-refractivity contribution is 0.346. The minimum atomic E-state index is -3.69. The third-order valence-corrected chi connectivity index (χ3v) is 8.23. The fraction of sp³-hybridized carbons (Fsp3) is 0.636. The van der Waals surface area contributed by atoms with Crippen LogP contribution in [0, 0.1) is 0 Å². The Labute approximate surface area is 134 Å². The minimum Gasteiger partial charge on any atom is -0.212 e. The molecule has 1 aliphatic heterocycles. The highest BCUT2D eigenvalue weighted by Gasteiger charge is 2.24. The van der Waals surface area contributed by atoms with Gasteiger partial charge < -0.3 is 0 Å². The first-order chi connectivity index (χ1) is 9.81. The molecule has 21 heavy (non-hydrogen) atoms. The lowest BCUT2D eigenvalue weighted by Gasteiger charge is -2.25. The van der Waals surface area contributed by atoms with Crippen molar-refractivity contribution in [2.75, 3.05) is 25.4 Å². The summed E-state index contributed by atoms with van der Waals surface area (Å²) in [6.07, 6.45) is 2.76. The van der Waals surface area contributed by atoms with Crippen molar-refractivity contribution in [3.8, 4) is 0 Å². The molecule has 1 aromatic rings. The molecule has 0 amide bonds. The average molecular weight is 373 g/mol. The van der Waals surface area contributed by atoms with Gasteiger partial charge in [-0.1, -0.05) is 18.0 Å². The molecule has 2 rings (SSSR count). The lowest BCUT2D eigenvalue weighted by atomic mass is 10.2. The van der Waals surface area contributed by atoms with Gasteiger partial charge in [0, 0.05) is 19.6 Å². The normalized spacial score (nSPS) is 18.0. The molecule has 1 aliphatic rings. The predicted octanol–water partition coefficient (Wildman–Crippen LogP) is 1.50. The lowest BCUT2D eigenvalue weighted by Crippen LogP contribution is -2.40. The van der Waals surface area contributed by atoms with Crippen molar-refractivity contribution in [2.24, 2.45) is 0 Å². The number of piperidine rings is 1. The van der Waals surface area contributed by atoms with Crippen molar-refractivity contribution < 1.29 is 16.8 Å². The molecule has 1 aromatic heterocycles. The van der Waals surface area contributed by atoms with Gasteiger partial charge in [0.25, 0.3) is 0 Å². The third-order valence-electron chi connectivity index (χ3n) is 3.17. The maximum Gasteiger partial charge on any atom is 0.250 e. The van der Waals surface area contributed by atoms with Gasteiger partial charge in [-0.15, -0.1) is 11.3 Å². The summed E-state index contributed by atoms with van der Waals surface area (Å²) in [6, 6.07) is 2.89. The van der Waals surface area contributed by atoms with Gasteiger partial charge in [-0.2, -0.15) is 0 Å². The molecule has 1 saturated heterocycles. The van der Waals surface area contributed by atoms with Crippen LogP contribution in [0.4, 0.5) is 0 Å². The molecule has 0 radical (unpaired) electrons. The van der Waals surface area contributed by atoms with Crippen molar-refractivity contribution in [3.05, 3.63) is 16.5 Å². The van der Waals surface area contributed by atoms with E-state index in [2.05, 4.69) is 4.72 Å². The Hall–Kier alpha value is -0.190. The molecule has 2 heterocycles. The highest BCUT2D eigenvalue weighted by molar-refractivity contribution is 7.92. The van der Waals surface area contributed by atoms with Gasteiger partial charge in [-0.25, -0.2) is 25.9 Å². The molecule has 0 aromatic carbocycles. The Morgan fingerprint density at radius 1 is 1.14 bits per heavy atom. The summed E-state index contributed by atoms with van der Waals surface area (Å²) < 4.78 is 52.2. The van der Waals surface area contributed by atoms with Crippen LogP contribution in [-0.4, -0.2) is 46.5 Å². The standard InChI is InChI=1S/C11H17ClN2O4S3/c12-10-4-5-11(19-10)21(17,18)13-6-9-20(15,16)14-7-2-1-3-8-14/h4-5,13H,1-3,6-9H2. The summed E-state index contributed by atoms with van der Waals surface area (Å²) in [7, 11) is -7.09. The van der Waals surface area contributed by atoms with E-state index in [1.165, 1.54) is 16.4 Å². The van der Waals surface area contributed by atoms with E-state index < -0.39 is 20.0 Å². The van der Waals surface area contributed by atoms with Gasteiger partial charge in [-0.3, -0.25) is 0 Å². The van der Waals surface area contributed by atoms with Crippen molar-refractivity contribution >= 4 is 43.0 Å². The molecule has 10 heteroatoms. The second-order valence-electron chi connectivity index (χ2n) is 4.73. The molecule has 0 bridgehead atoms. The van der Waals surface area contributed by atoms with Crippen LogP contribution in [0.2, 0.25) is 4.34 Å². The number of nitrogens with one attached hydrogen (secondary N) is 1. The van der Waals surface area contributed by atoms with E-state index >= 15 is 0 Å². The van der Waals surface area contributed by atoms with Gasteiger partial charge in [-0.05, 0) is 25.0 Å². The Morgan fingerprint density at radius 3 is 2.38 bits per heavy atom. The van der Waals surface area contributed by atoms with E-state index in [0.29, 0.717) is 17.4 Å². The van der Waals surface area contributed by atoms with Gasteiger partial charge in [0.2, 0.25) is 20.0 Å². The van der Waals surface area contributed by atoms with Crippen LogP contribution in [-0.2, 0) is 20.0 Å². The van der Waals surface area contributed by atoms with Gasteiger partial charge in [0.1, 0.15) is 4.21 Å². The first-order valence-corrected chi connectivity index (χ1v) is 10.8. The van der Waals surface area contributed by atoms with Crippen LogP contribution in [0.1, 0.15) is 19.3 Å². The quantitative estimate of drug-likeness (QED) is 0.820. The SMILES string of the molecule is O=S(=O)(NCCS(=O)(=O)N1CCCCC1)c1ccc(Cl)s1. The van der Waals surface area contributed by atoms with E-state index in [1.54, 1.807) is 0 Å². The summed E-state index contributed by atoms with van der Waals surface area (Å²) in [5.74, 6) is -0.231. The number of hydrogen-bond donors (Lipinski definition) is 1. The summed E-state index contributed by atoms with van der Waals surface area (Å²) >= 11 is 6.63. The van der Waals surface area contributed by atoms with E-state index in [9.17, 15) is 16.8 Å². The second kappa shape index (κ2) is 6.93. The highest BCUT2D eigenvalue weighted by atomic mass is 35.5. The van der Waals surface area contributed by atoms with Crippen LogP contribution in [0.5, 0.6) is 0 Å². The topological polar surface area (TPSA) is 83.5 Å². The van der Waals surface area contributed by atoms with Crippen molar-refractivity contribution in [1.29, 1.82) is 0 Å². The summed E-state index contributed by atoms with van der Waals surface area (Å²) in [6.45, 7) is 0.905. The van der Waals surface area contributed by atoms with E-state index in [4.69, 9.17) is 11.6 Å². The van der Waals surface area contributed by atoms with Gasteiger partial charge in [0.15, 0.2) is 0 Å². The fourth-order valence-corrected chi connectivity index (χ4v) is 6.21. The zero-order chi connectivity index (χ0) is 15.5. The Bertz CT molecular complexity index is 678. The predicted molar refractivity (Wildman–Crippen MR) is 83.7 cm³/mol. The molecular formula is C11H17ClN2O4S3. The van der Waals surface area contributed by atoms with Crippen LogP contribution < -0.4 is 4.72 Å². The third kappa shape index (κ3) is 4.64. The number of nitrogens with zero attached hydrogens (tertiary/aromatic N) is 1. The number of hydrogen-bond acceptors (Lipinski definition) is 5. The van der Waals surface area contributed by atoms with Crippen LogP contribution in [0.15, 0.2) is 16.3 Å². The number of rotatable bonds is 6. The van der Waals surface area contributed by atoms with Crippen LogP contribution in [0.25, 0.3) is 0 Å². The zero-order valence-corrected chi connectivity index (χ0v) is 14.5. The molecule has 0 atom stereocenters. The average Bonchev–Trinajstić information content (AvgIpc) is 2.87. The molecule has 1 fully saturated rings. The molecule has 0 unspecified atom stereocenters. The molecule has 0 aliphatic carbocycles. The minimum absolute atomic E-state index is 0.0860. The monoisotopic (exact) mass is 372 g/mol. The fourth-order valence-electron chi connectivity index (χ4n) is 2.09. The number of sulfonamides is 2.